The molecule has 0 saturated carbocycles. The summed E-state index contributed by atoms with van der Waals surface area (Å²) in [6, 6.07) is 19.6. The predicted molar refractivity (Wildman–Crippen MR) is 115 cm³/mol. The van der Waals surface area contributed by atoms with Gasteiger partial charge in [0.15, 0.2) is 0 Å². The van der Waals surface area contributed by atoms with Crippen LogP contribution in [0.1, 0.15) is 52.9 Å². The van der Waals surface area contributed by atoms with Gasteiger partial charge in [-0.05, 0) is 0 Å². The Morgan fingerprint density at radius 3 is 1.85 bits per heavy atom. The Morgan fingerprint density at radius 1 is 0.926 bits per heavy atom. The fourth-order valence-electron chi connectivity index (χ4n) is 3.11. The quantitative estimate of drug-likeness (QED) is 0.284. The normalized spacial score (nSPS) is 12.6. The molecule has 0 heterocycles. The average molecular weight is 372 g/mol. The molecule has 0 unspecified atom stereocenters. The molecule has 0 aliphatic rings. The van der Waals surface area contributed by atoms with Crippen molar-refractivity contribution in [2.75, 3.05) is 0 Å². The van der Waals surface area contributed by atoms with Crippen LogP contribution in [0.15, 0.2) is 77.9 Å². The fourth-order valence-corrected chi connectivity index (χ4v) is 5.49. The standard InChI is InChI=1S/C24H30OP.Li/c1-4-7-15-22(21(6-3)14-5-2)20-26(25,23-16-10-8-11-17-23)24-18-12-9-13-19-24;/h8-14,16-19H,4-7,15H2,1-3H3;/q-1;+1/b21-14+;. The molecule has 0 bridgehead atoms. The summed E-state index contributed by atoms with van der Waals surface area (Å²) in [7, 11) is -2.94. The van der Waals surface area contributed by atoms with E-state index in [0.29, 0.717) is 0 Å². The number of benzene rings is 2. The molecule has 1 nitrogen and oxygen atoms in total. The maximum atomic E-state index is 14.3. The van der Waals surface area contributed by atoms with E-state index < -0.39 is 7.14 Å². The molecule has 2 aromatic carbocycles. The first-order chi connectivity index (χ1) is 12.7. The largest absolute Gasteiger partial charge is 1.00 e. The van der Waals surface area contributed by atoms with Crippen molar-refractivity contribution in [3.05, 3.63) is 83.7 Å². The molecule has 27 heavy (non-hydrogen) atoms. The summed E-state index contributed by atoms with van der Waals surface area (Å²) in [5, 5.41) is 1.71. The second kappa shape index (κ2) is 12.3. The summed E-state index contributed by atoms with van der Waals surface area (Å²) < 4.78 is 14.3. The van der Waals surface area contributed by atoms with Crippen molar-refractivity contribution in [1.29, 1.82) is 0 Å². The minimum atomic E-state index is -2.94. The van der Waals surface area contributed by atoms with E-state index in [1.54, 1.807) is 0 Å². The molecule has 0 amide bonds. The Kier molecular flexibility index (Phi) is 10.8. The molecule has 0 aliphatic heterocycles. The van der Waals surface area contributed by atoms with Gasteiger partial charge in [0.25, 0.3) is 0 Å². The van der Waals surface area contributed by atoms with Crippen LogP contribution in [0.25, 0.3) is 0 Å². The van der Waals surface area contributed by atoms with E-state index in [-0.39, 0.29) is 18.9 Å². The topological polar surface area (TPSA) is 17.1 Å². The molecule has 0 fully saturated rings. The van der Waals surface area contributed by atoms with Crippen molar-refractivity contribution >= 4 is 17.8 Å². The van der Waals surface area contributed by atoms with Gasteiger partial charge in [-0.1, -0.05) is 114 Å². The Hall–Kier alpha value is -1.25. The molecular formula is C24H30LiOP. The molecule has 0 atom stereocenters. The Labute approximate surface area is 177 Å². The SMILES string of the molecule is CC/C=C(\CC)C(=[C-]P(=O)(c1ccccc1)c1ccccc1)CCCC.[Li+]. The fraction of sp³-hybridized carbons (Fsp3) is 0.333. The number of hydrogen-bond donors (Lipinski definition) is 0. The first-order valence-corrected chi connectivity index (χ1v) is 11.4. The molecule has 3 heteroatoms. The van der Waals surface area contributed by atoms with Crippen molar-refractivity contribution < 1.29 is 23.4 Å². The van der Waals surface area contributed by atoms with Gasteiger partial charge in [0, 0.05) is 10.6 Å². The van der Waals surface area contributed by atoms with Gasteiger partial charge in [-0.25, -0.2) is 5.57 Å². The molecule has 138 valence electrons. The summed E-state index contributed by atoms with van der Waals surface area (Å²) in [5.74, 6) is 3.54. The van der Waals surface area contributed by atoms with Crippen LogP contribution >= 0.6 is 7.14 Å². The summed E-state index contributed by atoms with van der Waals surface area (Å²) in [5.41, 5.74) is 2.42. The zero-order valence-electron chi connectivity index (χ0n) is 17.2. The van der Waals surface area contributed by atoms with Crippen LogP contribution in [0.3, 0.4) is 0 Å². The van der Waals surface area contributed by atoms with Crippen molar-refractivity contribution in [1.82, 2.24) is 0 Å². The summed E-state index contributed by atoms with van der Waals surface area (Å²) in [4.78, 5) is 0. The smallest absolute Gasteiger partial charge is 0.329 e. The minimum absolute atomic E-state index is 0. The van der Waals surface area contributed by atoms with Crippen molar-refractivity contribution in [2.45, 2.75) is 52.9 Å². The van der Waals surface area contributed by atoms with Gasteiger partial charge in [0.05, 0.1) is 7.14 Å². The van der Waals surface area contributed by atoms with Gasteiger partial charge in [0.2, 0.25) is 0 Å². The first kappa shape index (κ1) is 23.8. The summed E-state index contributed by atoms with van der Waals surface area (Å²) >= 11 is 0. The Bertz CT molecular complexity index is 735. The van der Waals surface area contributed by atoms with Gasteiger partial charge >= 0.3 is 18.9 Å². The van der Waals surface area contributed by atoms with Crippen LogP contribution in [0, 0.1) is 5.82 Å². The predicted octanol–water partition coefficient (Wildman–Crippen LogP) is 3.63. The number of unbranched alkanes of at least 4 members (excludes halogenated alkanes) is 1. The van der Waals surface area contributed by atoms with E-state index in [1.165, 1.54) is 5.57 Å². The molecule has 0 aliphatic carbocycles. The molecular weight excluding hydrogens is 342 g/mol. The number of allylic oxidation sites excluding steroid dienone is 3. The van der Waals surface area contributed by atoms with E-state index >= 15 is 0 Å². The maximum absolute atomic E-state index is 14.3. The molecule has 0 saturated heterocycles. The monoisotopic (exact) mass is 372 g/mol. The second-order valence-electron chi connectivity index (χ2n) is 6.47. The third-order valence-electron chi connectivity index (χ3n) is 4.53. The second-order valence-corrected chi connectivity index (χ2v) is 8.94. The average Bonchev–Trinajstić information content (AvgIpc) is 2.70. The van der Waals surface area contributed by atoms with Crippen molar-refractivity contribution in [2.24, 2.45) is 0 Å². The van der Waals surface area contributed by atoms with Gasteiger partial charge in [-0.15, -0.1) is 0 Å². The van der Waals surface area contributed by atoms with Crippen molar-refractivity contribution in [3.63, 3.8) is 0 Å². The van der Waals surface area contributed by atoms with E-state index in [2.05, 4.69) is 32.7 Å². The van der Waals surface area contributed by atoms with Crippen LogP contribution < -0.4 is 29.5 Å². The Morgan fingerprint density at radius 2 is 1.44 bits per heavy atom. The van der Waals surface area contributed by atoms with Crippen LogP contribution in [0.2, 0.25) is 0 Å². The van der Waals surface area contributed by atoms with Crippen LogP contribution in [-0.4, -0.2) is 0 Å². The number of hydrogen-bond acceptors (Lipinski definition) is 1. The van der Waals surface area contributed by atoms with E-state index in [1.807, 2.05) is 60.7 Å². The van der Waals surface area contributed by atoms with E-state index in [9.17, 15) is 4.57 Å². The number of rotatable bonds is 9. The summed E-state index contributed by atoms with van der Waals surface area (Å²) in [6.07, 6.45) is 7.34. The first-order valence-electron chi connectivity index (χ1n) is 9.70. The van der Waals surface area contributed by atoms with Crippen molar-refractivity contribution in [3.8, 4) is 0 Å². The van der Waals surface area contributed by atoms with Gasteiger partial charge in [-0.2, -0.15) is 17.5 Å². The van der Waals surface area contributed by atoms with E-state index in [4.69, 9.17) is 0 Å². The van der Waals surface area contributed by atoms with Crippen LogP contribution in [0.4, 0.5) is 0 Å². The minimum Gasteiger partial charge on any atom is -0.329 e. The molecule has 2 aromatic rings. The van der Waals surface area contributed by atoms with Crippen LogP contribution in [0.5, 0.6) is 0 Å². The molecule has 0 spiro atoms. The third kappa shape index (κ3) is 6.40. The maximum Gasteiger partial charge on any atom is 1.00 e. The van der Waals surface area contributed by atoms with Gasteiger partial charge in [0.1, 0.15) is 0 Å². The molecule has 0 radical (unpaired) electrons. The molecule has 0 N–H and O–H groups in total. The zero-order chi connectivity index (χ0) is 18.8. The van der Waals surface area contributed by atoms with E-state index in [0.717, 1.165) is 48.3 Å². The molecule has 0 aromatic heterocycles. The zero-order valence-corrected chi connectivity index (χ0v) is 18.1. The Balaban J connectivity index is 0.00000364. The van der Waals surface area contributed by atoms with Crippen LogP contribution in [-0.2, 0) is 4.57 Å². The van der Waals surface area contributed by atoms with Gasteiger partial charge in [-0.3, -0.25) is 0 Å². The molecule has 2 rings (SSSR count). The third-order valence-corrected chi connectivity index (χ3v) is 7.17. The summed E-state index contributed by atoms with van der Waals surface area (Å²) in [6.45, 7) is 6.52. The van der Waals surface area contributed by atoms with Gasteiger partial charge < -0.3 is 4.57 Å².